The number of nitrogens with one attached hydrogen (secondary N) is 2. The fraction of sp³-hybridized carbons (Fsp3) is 0.611. The third kappa shape index (κ3) is 5.90. The second kappa shape index (κ2) is 9.64. The number of rotatable bonds is 7. The van der Waals surface area contributed by atoms with Crippen LogP contribution in [0.15, 0.2) is 29.2 Å². The van der Waals surface area contributed by atoms with E-state index in [-0.39, 0.29) is 4.90 Å². The SMILES string of the molecule is C[C@H]1CCCCN1CCCNC(=S)Nc1cccc(S(=O)(=O)N(C)C)c1. The fourth-order valence-electron chi connectivity index (χ4n) is 3.09. The predicted octanol–water partition coefficient (Wildman–Crippen LogP) is 2.49. The van der Waals surface area contributed by atoms with Gasteiger partial charge < -0.3 is 15.5 Å². The van der Waals surface area contributed by atoms with E-state index in [4.69, 9.17) is 12.2 Å². The smallest absolute Gasteiger partial charge is 0.242 e. The van der Waals surface area contributed by atoms with Crippen molar-refractivity contribution in [1.29, 1.82) is 0 Å². The van der Waals surface area contributed by atoms with Crippen molar-refractivity contribution in [3.05, 3.63) is 24.3 Å². The van der Waals surface area contributed by atoms with Gasteiger partial charge in [-0.2, -0.15) is 0 Å². The molecule has 0 bridgehead atoms. The predicted molar refractivity (Wildman–Crippen MR) is 111 cm³/mol. The monoisotopic (exact) mass is 398 g/mol. The van der Waals surface area contributed by atoms with Crippen LogP contribution in [-0.4, -0.2) is 62.5 Å². The van der Waals surface area contributed by atoms with Crippen LogP contribution in [-0.2, 0) is 10.0 Å². The van der Waals surface area contributed by atoms with E-state index in [2.05, 4.69) is 22.5 Å². The number of anilines is 1. The van der Waals surface area contributed by atoms with Gasteiger partial charge in [-0.05, 0) is 63.1 Å². The minimum absolute atomic E-state index is 0.245. The molecule has 0 spiro atoms. The molecule has 0 radical (unpaired) electrons. The molecule has 1 saturated heterocycles. The molecule has 0 unspecified atom stereocenters. The molecule has 1 fully saturated rings. The lowest BCUT2D eigenvalue weighted by atomic mass is 10.0. The fourth-order valence-corrected chi connectivity index (χ4v) is 4.26. The molecule has 1 atom stereocenters. The highest BCUT2D eigenvalue weighted by molar-refractivity contribution is 7.89. The summed E-state index contributed by atoms with van der Waals surface area (Å²) in [5, 5.41) is 6.77. The molecule has 6 nitrogen and oxygen atoms in total. The van der Waals surface area contributed by atoms with Gasteiger partial charge in [-0.3, -0.25) is 0 Å². The molecule has 8 heteroatoms. The van der Waals surface area contributed by atoms with Crippen molar-refractivity contribution in [2.75, 3.05) is 39.0 Å². The number of benzene rings is 1. The lowest BCUT2D eigenvalue weighted by Crippen LogP contribution is -2.39. The average Bonchev–Trinajstić information content (AvgIpc) is 2.60. The van der Waals surface area contributed by atoms with Gasteiger partial charge in [0, 0.05) is 38.9 Å². The van der Waals surface area contributed by atoms with Crippen molar-refractivity contribution in [3.63, 3.8) is 0 Å². The summed E-state index contributed by atoms with van der Waals surface area (Å²) in [6, 6.07) is 7.36. The molecule has 146 valence electrons. The molecule has 1 aliphatic heterocycles. The topological polar surface area (TPSA) is 64.7 Å². The molecule has 26 heavy (non-hydrogen) atoms. The Kier molecular flexibility index (Phi) is 7.82. The zero-order chi connectivity index (χ0) is 19.2. The molecular formula is C18H30N4O2S2. The maximum atomic E-state index is 12.2. The Hall–Kier alpha value is -1.22. The van der Waals surface area contributed by atoms with Crippen molar-refractivity contribution >= 4 is 33.0 Å². The number of thiocarbonyl (C=S) groups is 1. The van der Waals surface area contributed by atoms with Crippen molar-refractivity contribution in [3.8, 4) is 0 Å². The van der Waals surface area contributed by atoms with Crippen LogP contribution in [0.25, 0.3) is 0 Å². The van der Waals surface area contributed by atoms with Crippen LogP contribution in [0.4, 0.5) is 5.69 Å². The Morgan fingerprint density at radius 1 is 1.35 bits per heavy atom. The molecule has 1 aromatic carbocycles. The Morgan fingerprint density at radius 2 is 2.12 bits per heavy atom. The maximum absolute atomic E-state index is 12.2. The average molecular weight is 399 g/mol. The zero-order valence-corrected chi connectivity index (χ0v) is 17.5. The summed E-state index contributed by atoms with van der Waals surface area (Å²) in [6.45, 7) is 5.36. The summed E-state index contributed by atoms with van der Waals surface area (Å²) >= 11 is 5.32. The number of piperidine rings is 1. The van der Waals surface area contributed by atoms with E-state index in [1.54, 1.807) is 24.3 Å². The van der Waals surface area contributed by atoms with Crippen LogP contribution in [0, 0.1) is 0 Å². The molecule has 2 rings (SSSR count). The van der Waals surface area contributed by atoms with E-state index in [0.29, 0.717) is 16.8 Å². The summed E-state index contributed by atoms with van der Waals surface area (Å²) in [5.74, 6) is 0. The summed E-state index contributed by atoms with van der Waals surface area (Å²) in [5.41, 5.74) is 0.662. The highest BCUT2D eigenvalue weighted by atomic mass is 32.2. The van der Waals surface area contributed by atoms with Gasteiger partial charge in [-0.25, -0.2) is 12.7 Å². The molecule has 1 aliphatic rings. The van der Waals surface area contributed by atoms with E-state index in [1.165, 1.54) is 44.2 Å². The normalized spacial score (nSPS) is 18.7. The van der Waals surface area contributed by atoms with Crippen LogP contribution in [0.2, 0.25) is 0 Å². The van der Waals surface area contributed by atoms with E-state index in [0.717, 1.165) is 19.5 Å². The highest BCUT2D eigenvalue weighted by Gasteiger charge is 2.18. The van der Waals surface area contributed by atoms with Gasteiger partial charge in [0.2, 0.25) is 10.0 Å². The van der Waals surface area contributed by atoms with Gasteiger partial charge in [0.1, 0.15) is 0 Å². The minimum Gasteiger partial charge on any atom is -0.362 e. The van der Waals surface area contributed by atoms with E-state index < -0.39 is 10.0 Å². The third-order valence-electron chi connectivity index (χ3n) is 4.72. The van der Waals surface area contributed by atoms with Crippen LogP contribution >= 0.6 is 12.2 Å². The number of hydrogen-bond acceptors (Lipinski definition) is 4. The maximum Gasteiger partial charge on any atom is 0.242 e. The van der Waals surface area contributed by atoms with E-state index >= 15 is 0 Å². The quantitative estimate of drug-likeness (QED) is 0.543. The first-order valence-corrected chi connectivity index (χ1v) is 11.0. The van der Waals surface area contributed by atoms with E-state index in [9.17, 15) is 8.42 Å². The molecule has 0 aliphatic carbocycles. The number of nitrogens with zero attached hydrogens (tertiary/aromatic N) is 2. The van der Waals surface area contributed by atoms with Crippen molar-refractivity contribution in [2.45, 2.75) is 43.5 Å². The first-order chi connectivity index (χ1) is 12.3. The second-order valence-corrected chi connectivity index (χ2v) is 9.49. The zero-order valence-electron chi connectivity index (χ0n) is 15.9. The highest BCUT2D eigenvalue weighted by Crippen LogP contribution is 2.18. The van der Waals surface area contributed by atoms with Crippen LogP contribution in [0.1, 0.15) is 32.6 Å². The molecule has 1 aromatic rings. The Morgan fingerprint density at radius 3 is 2.81 bits per heavy atom. The summed E-state index contributed by atoms with van der Waals surface area (Å²) < 4.78 is 25.6. The standard InChI is InChI=1S/C18H30N4O2S2/c1-15-8-4-5-12-22(15)13-7-11-19-18(25)20-16-9-6-10-17(14-16)26(23,24)21(2)3/h6,9-10,14-15H,4-5,7-8,11-13H2,1-3H3,(H2,19,20,25)/t15-/m0/s1. The van der Waals surface area contributed by atoms with Gasteiger partial charge in [0.15, 0.2) is 5.11 Å². The lowest BCUT2D eigenvalue weighted by Gasteiger charge is -2.33. The van der Waals surface area contributed by atoms with E-state index in [1.807, 2.05) is 0 Å². The molecule has 1 heterocycles. The Labute approximate surface area is 163 Å². The van der Waals surface area contributed by atoms with Gasteiger partial charge in [0.05, 0.1) is 4.90 Å². The van der Waals surface area contributed by atoms with Gasteiger partial charge in [-0.1, -0.05) is 12.5 Å². The summed E-state index contributed by atoms with van der Waals surface area (Å²) in [4.78, 5) is 2.78. The minimum atomic E-state index is -3.45. The summed E-state index contributed by atoms with van der Waals surface area (Å²) in [7, 11) is -0.412. The van der Waals surface area contributed by atoms with Crippen LogP contribution in [0.5, 0.6) is 0 Å². The van der Waals surface area contributed by atoms with Gasteiger partial charge in [-0.15, -0.1) is 0 Å². The second-order valence-electron chi connectivity index (χ2n) is 6.93. The van der Waals surface area contributed by atoms with Crippen molar-refractivity contribution in [1.82, 2.24) is 14.5 Å². The molecule has 0 aromatic heterocycles. The Balaban J connectivity index is 1.79. The number of hydrogen-bond donors (Lipinski definition) is 2. The lowest BCUT2D eigenvalue weighted by molar-refractivity contribution is 0.159. The van der Waals surface area contributed by atoms with Crippen molar-refractivity contribution < 1.29 is 8.42 Å². The van der Waals surface area contributed by atoms with Crippen molar-refractivity contribution in [2.24, 2.45) is 0 Å². The number of likely N-dealkylation sites (tertiary alicyclic amines) is 1. The summed E-state index contributed by atoms with van der Waals surface area (Å²) in [6.07, 6.45) is 4.96. The van der Waals surface area contributed by atoms with Crippen LogP contribution in [0.3, 0.4) is 0 Å². The third-order valence-corrected chi connectivity index (χ3v) is 6.78. The molecular weight excluding hydrogens is 368 g/mol. The number of sulfonamides is 1. The Bertz CT molecular complexity index is 707. The first-order valence-electron chi connectivity index (χ1n) is 9.12. The first kappa shape index (κ1) is 21.1. The molecule has 0 amide bonds. The largest absolute Gasteiger partial charge is 0.362 e. The van der Waals surface area contributed by atoms with Gasteiger partial charge >= 0.3 is 0 Å². The molecule has 2 N–H and O–H groups in total. The van der Waals surface area contributed by atoms with Crippen LogP contribution < -0.4 is 10.6 Å². The van der Waals surface area contributed by atoms with Gasteiger partial charge in [0.25, 0.3) is 0 Å². The molecule has 0 saturated carbocycles.